The molecule has 2 aromatic rings. The Balaban J connectivity index is 1.82. The fourth-order valence-corrected chi connectivity index (χ4v) is 4.58. The first-order valence-corrected chi connectivity index (χ1v) is 9.81. The number of aromatic nitrogens is 2. The van der Waals surface area contributed by atoms with E-state index in [2.05, 4.69) is 5.10 Å². The summed E-state index contributed by atoms with van der Waals surface area (Å²) in [7, 11) is -1.98. The molecule has 1 aliphatic rings. The summed E-state index contributed by atoms with van der Waals surface area (Å²) in [4.78, 5) is 0.192. The summed E-state index contributed by atoms with van der Waals surface area (Å²) in [5.41, 5.74) is 6.63. The molecule has 0 saturated carbocycles. The van der Waals surface area contributed by atoms with E-state index >= 15 is 0 Å². The average Bonchev–Trinajstić information content (AvgIpc) is 3.12. The summed E-state index contributed by atoms with van der Waals surface area (Å²) in [5.74, 6) is 1.01. The van der Waals surface area contributed by atoms with Gasteiger partial charge in [0.15, 0.2) is 0 Å². The van der Waals surface area contributed by atoms with E-state index in [4.69, 9.17) is 10.5 Å². The van der Waals surface area contributed by atoms with Crippen molar-refractivity contribution in [3.8, 4) is 11.4 Å². The fourth-order valence-electron chi connectivity index (χ4n) is 3.18. The molecule has 2 N–H and O–H groups in total. The Hall–Kier alpha value is -1.90. The predicted octanol–water partition coefficient (Wildman–Crippen LogP) is 1.63. The number of benzene rings is 1. The maximum Gasteiger partial charge on any atom is 0.246 e. The third-order valence-corrected chi connectivity index (χ3v) is 6.62. The van der Waals surface area contributed by atoms with Gasteiger partial charge in [-0.3, -0.25) is 0 Å². The number of nitrogens with two attached hydrogens (primary N) is 1. The summed E-state index contributed by atoms with van der Waals surface area (Å²) < 4.78 is 34.1. The SMILES string of the molecule is COc1ccccc1-n1cc(S(=O)(=O)N2CCC(C(C)N)CC2)cn1. The van der Waals surface area contributed by atoms with Gasteiger partial charge in [0.2, 0.25) is 10.0 Å². The highest BCUT2D eigenvalue weighted by molar-refractivity contribution is 7.89. The van der Waals surface area contributed by atoms with Crippen molar-refractivity contribution in [2.75, 3.05) is 20.2 Å². The van der Waals surface area contributed by atoms with Gasteiger partial charge >= 0.3 is 0 Å². The molecule has 8 heteroatoms. The number of nitrogens with zero attached hydrogens (tertiary/aromatic N) is 3. The van der Waals surface area contributed by atoms with Crippen LogP contribution in [0.2, 0.25) is 0 Å². The van der Waals surface area contributed by atoms with Crippen LogP contribution >= 0.6 is 0 Å². The lowest BCUT2D eigenvalue weighted by Gasteiger charge is -2.32. The Kier molecular flexibility index (Phi) is 5.12. The van der Waals surface area contributed by atoms with Gasteiger partial charge in [-0.25, -0.2) is 13.1 Å². The summed E-state index contributed by atoms with van der Waals surface area (Å²) >= 11 is 0. The number of para-hydroxylation sites is 2. The summed E-state index contributed by atoms with van der Waals surface area (Å²) in [6, 6.07) is 7.44. The largest absolute Gasteiger partial charge is 0.494 e. The second-order valence-corrected chi connectivity index (χ2v) is 8.33. The van der Waals surface area contributed by atoms with E-state index in [0.29, 0.717) is 30.4 Å². The maximum atomic E-state index is 12.9. The molecule has 7 nitrogen and oxygen atoms in total. The van der Waals surface area contributed by atoms with Crippen molar-refractivity contribution in [1.29, 1.82) is 0 Å². The Morgan fingerprint density at radius 2 is 1.96 bits per heavy atom. The maximum absolute atomic E-state index is 12.9. The number of ether oxygens (including phenoxy) is 1. The van der Waals surface area contributed by atoms with Crippen molar-refractivity contribution in [3.63, 3.8) is 0 Å². The number of hydrogen-bond donors (Lipinski definition) is 1. The molecule has 0 radical (unpaired) electrons. The number of methoxy groups -OCH3 is 1. The zero-order chi connectivity index (χ0) is 18.0. The van der Waals surface area contributed by atoms with E-state index in [9.17, 15) is 8.42 Å². The van der Waals surface area contributed by atoms with Gasteiger partial charge in [-0.15, -0.1) is 0 Å². The van der Waals surface area contributed by atoms with Gasteiger partial charge < -0.3 is 10.5 Å². The van der Waals surface area contributed by atoms with E-state index in [1.54, 1.807) is 7.11 Å². The van der Waals surface area contributed by atoms with Gasteiger partial charge in [0.25, 0.3) is 0 Å². The molecule has 0 amide bonds. The molecule has 0 bridgehead atoms. The molecule has 1 saturated heterocycles. The lowest BCUT2D eigenvalue weighted by atomic mass is 9.92. The molecule has 1 aromatic carbocycles. The van der Waals surface area contributed by atoms with E-state index in [1.165, 1.54) is 21.4 Å². The first-order chi connectivity index (χ1) is 11.9. The molecule has 1 aliphatic heterocycles. The first-order valence-electron chi connectivity index (χ1n) is 8.37. The second-order valence-electron chi connectivity index (χ2n) is 6.39. The topological polar surface area (TPSA) is 90.5 Å². The van der Waals surface area contributed by atoms with Crippen molar-refractivity contribution >= 4 is 10.0 Å². The Morgan fingerprint density at radius 1 is 1.28 bits per heavy atom. The van der Waals surface area contributed by atoms with Crippen LogP contribution < -0.4 is 10.5 Å². The van der Waals surface area contributed by atoms with Crippen LogP contribution in [0.25, 0.3) is 5.69 Å². The van der Waals surface area contributed by atoms with Crippen LogP contribution in [0.3, 0.4) is 0 Å². The normalized spacial score (nSPS) is 18.2. The molecule has 1 unspecified atom stereocenters. The highest BCUT2D eigenvalue weighted by atomic mass is 32.2. The quantitative estimate of drug-likeness (QED) is 0.871. The standard InChI is InChI=1S/C17H24N4O3S/c1-13(18)14-7-9-20(10-8-14)25(22,23)15-11-19-21(12-15)16-5-3-4-6-17(16)24-2/h3-6,11-14H,7-10,18H2,1-2H3. The summed E-state index contributed by atoms with van der Waals surface area (Å²) in [6.07, 6.45) is 4.50. The minimum absolute atomic E-state index is 0.0955. The molecule has 2 heterocycles. The molecule has 0 spiro atoms. The summed E-state index contributed by atoms with van der Waals surface area (Å²) in [5, 5.41) is 4.21. The molecular weight excluding hydrogens is 340 g/mol. The smallest absolute Gasteiger partial charge is 0.246 e. The fraction of sp³-hybridized carbons (Fsp3) is 0.471. The molecule has 1 aromatic heterocycles. The van der Waals surface area contributed by atoms with Crippen molar-refractivity contribution in [1.82, 2.24) is 14.1 Å². The molecule has 1 atom stereocenters. The predicted molar refractivity (Wildman–Crippen MR) is 95.2 cm³/mol. The molecule has 0 aliphatic carbocycles. The monoisotopic (exact) mass is 364 g/mol. The molecule has 136 valence electrons. The van der Waals surface area contributed by atoms with Crippen LogP contribution in [-0.4, -0.2) is 48.7 Å². The van der Waals surface area contributed by atoms with Gasteiger partial charge in [-0.05, 0) is 37.8 Å². The Bertz CT molecular complexity index is 824. The van der Waals surface area contributed by atoms with Crippen molar-refractivity contribution in [3.05, 3.63) is 36.7 Å². The van der Waals surface area contributed by atoms with Crippen LogP contribution in [0.15, 0.2) is 41.6 Å². The van der Waals surface area contributed by atoms with Crippen molar-refractivity contribution in [2.45, 2.75) is 30.7 Å². The van der Waals surface area contributed by atoms with Crippen LogP contribution in [-0.2, 0) is 10.0 Å². The average molecular weight is 364 g/mol. The van der Waals surface area contributed by atoms with Crippen LogP contribution in [0.1, 0.15) is 19.8 Å². The highest BCUT2D eigenvalue weighted by Crippen LogP contribution is 2.27. The zero-order valence-corrected chi connectivity index (χ0v) is 15.3. The van der Waals surface area contributed by atoms with Crippen LogP contribution in [0, 0.1) is 5.92 Å². The zero-order valence-electron chi connectivity index (χ0n) is 14.5. The second kappa shape index (κ2) is 7.15. The van der Waals surface area contributed by atoms with Crippen LogP contribution in [0.5, 0.6) is 5.75 Å². The van der Waals surface area contributed by atoms with Gasteiger partial charge in [0.1, 0.15) is 16.3 Å². The minimum atomic E-state index is -3.55. The Morgan fingerprint density at radius 3 is 2.60 bits per heavy atom. The van der Waals surface area contributed by atoms with Crippen LogP contribution in [0.4, 0.5) is 0 Å². The summed E-state index contributed by atoms with van der Waals surface area (Å²) in [6.45, 7) is 2.97. The molecule has 3 rings (SSSR count). The molecule has 25 heavy (non-hydrogen) atoms. The lowest BCUT2D eigenvalue weighted by molar-refractivity contribution is 0.250. The van der Waals surface area contributed by atoms with Gasteiger partial charge in [-0.2, -0.15) is 9.40 Å². The first kappa shape index (κ1) is 17.9. The van der Waals surface area contributed by atoms with Gasteiger partial charge in [-0.1, -0.05) is 12.1 Å². The van der Waals surface area contributed by atoms with Gasteiger partial charge in [0.05, 0.1) is 19.5 Å². The van der Waals surface area contributed by atoms with Crippen molar-refractivity contribution in [2.24, 2.45) is 11.7 Å². The highest BCUT2D eigenvalue weighted by Gasteiger charge is 2.31. The third-order valence-electron chi connectivity index (χ3n) is 4.77. The number of rotatable bonds is 5. The van der Waals surface area contributed by atoms with Crippen molar-refractivity contribution < 1.29 is 13.2 Å². The number of piperidine rings is 1. The van der Waals surface area contributed by atoms with Gasteiger partial charge in [0, 0.05) is 19.1 Å². The van der Waals surface area contributed by atoms with E-state index in [1.807, 2.05) is 31.2 Å². The minimum Gasteiger partial charge on any atom is -0.494 e. The van der Waals surface area contributed by atoms with E-state index in [0.717, 1.165) is 12.8 Å². The number of hydrogen-bond acceptors (Lipinski definition) is 5. The molecule has 1 fully saturated rings. The van der Waals surface area contributed by atoms with E-state index in [-0.39, 0.29) is 10.9 Å². The lowest BCUT2D eigenvalue weighted by Crippen LogP contribution is -2.42. The Labute approximate surface area is 148 Å². The van der Waals surface area contributed by atoms with E-state index < -0.39 is 10.0 Å². The third kappa shape index (κ3) is 3.56. The molecular formula is C17H24N4O3S. The number of sulfonamides is 1.